The number of hydrogen-bond acceptors (Lipinski definition) is 2. The average Bonchev–Trinajstić information content (AvgIpc) is 2.62. The van der Waals surface area contributed by atoms with E-state index in [-0.39, 0.29) is 11.0 Å². The molecule has 1 atom stereocenters. The first-order chi connectivity index (χ1) is 8.39. The molecule has 0 bridgehead atoms. The maximum atomic E-state index is 13.5. The minimum absolute atomic E-state index is 0.0414. The molecule has 1 aliphatic rings. The molecule has 0 amide bonds. The van der Waals surface area contributed by atoms with E-state index in [0.717, 1.165) is 25.6 Å². The van der Waals surface area contributed by atoms with E-state index in [0.29, 0.717) is 6.54 Å². The zero-order chi connectivity index (χ0) is 13.3. The molecule has 2 nitrogen and oxygen atoms in total. The number of aliphatic hydroxyl groups is 1. The molecule has 1 aromatic carbocycles. The summed E-state index contributed by atoms with van der Waals surface area (Å²) in [5, 5.41) is 10.0. The Hall–Kier alpha value is -1.00. The van der Waals surface area contributed by atoms with Gasteiger partial charge in [-0.25, -0.2) is 8.78 Å². The van der Waals surface area contributed by atoms with Crippen LogP contribution < -0.4 is 0 Å². The lowest BCUT2D eigenvalue weighted by Gasteiger charge is -2.22. The highest BCUT2D eigenvalue weighted by Crippen LogP contribution is 2.30. The SMILES string of the molecule is CC1(C)CCN(CC(O)c2cccc(F)c2F)C1. The average molecular weight is 255 g/mol. The van der Waals surface area contributed by atoms with Gasteiger partial charge < -0.3 is 5.11 Å². The Morgan fingerprint density at radius 2 is 2.11 bits per heavy atom. The van der Waals surface area contributed by atoms with Crippen LogP contribution in [0.4, 0.5) is 8.78 Å². The van der Waals surface area contributed by atoms with Gasteiger partial charge in [0.15, 0.2) is 11.6 Å². The number of likely N-dealkylation sites (tertiary alicyclic amines) is 1. The predicted octanol–water partition coefficient (Wildman–Crippen LogP) is 2.73. The summed E-state index contributed by atoms with van der Waals surface area (Å²) in [6.07, 6.45) is 0.0836. The lowest BCUT2D eigenvalue weighted by Crippen LogP contribution is -2.28. The molecule has 1 fully saturated rings. The van der Waals surface area contributed by atoms with Crippen molar-refractivity contribution in [3.05, 3.63) is 35.4 Å². The summed E-state index contributed by atoms with van der Waals surface area (Å²) in [5.74, 6) is -1.85. The fourth-order valence-corrected chi connectivity index (χ4v) is 2.50. The summed E-state index contributed by atoms with van der Waals surface area (Å²) < 4.78 is 26.6. The van der Waals surface area contributed by atoms with Crippen LogP contribution in [0.2, 0.25) is 0 Å². The second-order valence-corrected chi connectivity index (χ2v) is 5.81. The number of hydrogen-bond donors (Lipinski definition) is 1. The van der Waals surface area contributed by atoms with Crippen LogP contribution in [0.1, 0.15) is 31.9 Å². The van der Waals surface area contributed by atoms with Gasteiger partial charge in [-0.3, -0.25) is 4.90 Å². The van der Waals surface area contributed by atoms with Crippen molar-refractivity contribution in [3.8, 4) is 0 Å². The molecule has 1 N–H and O–H groups in total. The van der Waals surface area contributed by atoms with Gasteiger partial charge in [0.05, 0.1) is 6.10 Å². The van der Waals surface area contributed by atoms with E-state index in [1.807, 2.05) is 0 Å². The lowest BCUT2D eigenvalue weighted by atomic mass is 9.93. The Labute approximate surface area is 106 Å². The van der Waals surface area contributed by atoms with Crippen LogP contribution in [-0.4, -0.2) is 29.6 Å². The molecular formula is C14H19F2NO. The highest BCUT2D eigenvalue weighted by molar-refractivity contribution is 5.21. The highest BCUT2D eigenvalue weighted by Gasteiger charge is 2.30. The van der Waals surface area contributed by atoms with Gasteiger partial charge in [-0.1, -0.05) is 26.0 Å². The molecule has 0 aromatic heterocycles. The van der Waals surface area contributed by atoms with Gasteiger partial charge in [0.2, 0.25) is 0 Å². The maximum absolute atomic E-state index is 13.5. The van der Waals surface area contributed by atoms with Crippen LogP contribution in [0.3, 0.4) is 0 Å². The maximum Gasteiger partial charge on any atom is 0.164 e. The summed E-state index contributed by atoms with van der Waals surface area (Å²) in [6.45, 7) is 6.45. The van der Waals surface area contributed by atoms with E-state index in [9.17, 15) is 13.9 Å². The van der Waals surface area contributed by atoms with Gasteiger partial charge in [0.1, 0.15) is 0 Å². The van der Waals surface area contributed by atoms with Crippen molar-refractivity contribution in [1.82, 2.24) is 4.90 Å². The van der Waals surface area contributed by atoms with Gasteiger partial charge in [0.25, 0.3) is 0 Å². The van der Waals surface area contributed by atoms with E-state index >= 15 is 0 Å². The van der Waals surface area contributed by atoms with Crippen molar-refractivity contribution in [1.29, 1.82) is 0 Å². The fourth-order valence-electron chi connectivity index (χ4n) is 2.50. The molecule has 1 aliphatic heterocycles. The molecule has 1 aromatic rings. The molecule has 0 saturated carbocycles. The zero-order valence-corrected chi connectivity index (χ0v) is 10.8. The molecule has 2 rings (SSSR count). The highest BCUT2D eigenvalue weighted by atomic mass is 19.2. The largest absolute Gasteiger partial charge is 0.387 e. The topological polar surface area (TPSA) is 23.5 Å². The van der Waals surface area contributed by atoms with Crippen LogP contribution in [-0.2, 0) is 0 Å². The summed E-state index contributed by atoms with van der Waals surface area (Å²) >= 11 is 0. The number of benzene rings is 1. The minimum Gasteiger partial charge on any atom is -0.387 e. The van der Waals surface area contributed by atoms with Crippen LogP contribution in [0.15, 0.2) is 18.2 Å². The van der Waals surface area contributed by atoms with Crippen LogP contribution in [0, 0.1) is 17.0 Å². The Balaban J connectivity index is 2.04. The van der Waals surface area contributed by atoms with E-state index in [1.54, 1.807) is 0 Å². The van der Waals surface area contributed by atoms with Crippen molar-refractivity contribution >= 4 is 0 Å². The zero-order valence-electron chi connectivity index (χ0n) is 10.8. The van der Waals surface area contributed by atoms with Crippen LogP contribution in [0.25, 0.3) is 0 Å². The van der Waals surface area contributed by atoms with Gasteiger partial charge in [0, 0.05) is 18.7 Å². The molecule has 0 radical (unpaired) electrons. The first-order valence-corrected chi connectivity index (χ1v) is 6.23. The number of halogens is 2. The molecular weight excluding hydrogens is 236 g/mol. The predicted molar refractivity (Wildman–Crippen MR) is 66.2 cm³/mol. The van der Waals surface area contributed by atoms with Gasteiger partial charge in [-0.2, -0.15) is 0 Å². The van der Waals surface area contributed by atoms with E-state index in [1.165, 1.54) is 12.1 Å². The third-order valence-electron chi connectivity index (χ3n) is 3.53. The smallest absolute Gasteiger partial charge is 0.164 e. The first-order valence-electron chi connectivity index (χ1n) is 6.23. The third kappa shape index (κ3) is 2.87. The van der Waals surface area contributed by atoms with Crippen molar-refractivity contribution in [3.63, 3.8) is 0 Å². The lowest BCUT2D eigenvalue weighted by molar-refractivity contribution is 0.117. The first kappa shape index (κ1) is 13.4. The summed E-state index contributed by atoms with van der Waals surface area (Å²) in [4.78, 5) is 2.09. The monoisotopic (exact) mass is 255 g/mol. The quantitative estimate of drug-likeness (QED) is 0.897. The number of aliphatic hydroxyl groups excluding tert-OH is 1. The van der Waals surface area contributed by atoms with Crippen LogP contribution in [0.5, 0.6) is 0 Å². The van der Waals surface area contributed by atoms with E-state index in [2.05, 4.69) is 18.7 Å². The Morgan fingerprint density at radius 1 is 1.39 bits per heavy atom. The molecule has 0 spiro atoms. The van der Waals surface area contributed by atoms with Crippen molar-refractivity contribution < 1.29 is 13.9 Å². The van der Waals surface area contributed by atoms with Crippen molar-refractivity contribution in [2.75, 3.05) is 19.6 Å². The van der Waals surface area contributed by atoms with Crippen molar-refractivity contribution in [2.24, 2.45) is 5.41 Å². The van der Waals surface area contributed by atoms with E-state index in [4.69, 9.17) is 0 Å². The molecule has 100 valence electrons. The van der Waals surface area contributed by atoms with Crippen molar-refractivity contribution in [2.45, 2.75) is 26.4 Å². The Bertz CT molecular complexity index is 434. The second-order valence-electron chi connectivity index (χ2n) is 5.81. The molecule has 0 aliphatic carbocycles. The standard InChI is InChI=1S/C14H19F2NO/c1-14(2)6-7-17(9-14)8-12(18)10-4-3-5-11(15)13(10)16/h3-5,12,18H,6-9H2,1-2H3. The molecule has 1 heterocycles. The molecule has 1 unspecified atom stereocenters. The van der Waals surface area contributed by atoms with Gasteiger partial charge >= 0.3 is 0 Å². The normalized spacial score (nSPS) is 21.2. The summed E-state index contributed by atoms with van der Waals surface area (Å²) in [6, 6.07) is 3.92. The molecule has 18 heavy (non-hydrogen) atoms. The number of β-amino-alcohol motifs (C(OH)–C–C–N with tert-alkyl or cyclic N) is 1. The second kappa shape index (κ2) is 4.94. The summed E-state index contributed by atoms with van der Waals surface area (Å²) in [7, 11) is 0. The van der Waals surface area contributed by atoms with Gasteiger partial charge in [-0.05, 0) is 24.4 Å². The Morgan fingerprint density at radius 3 is 2.72 bits per heavy atom. The van der Waals surface area contributed by atoms with Gasteiger partial charge in [-0.15, -0.1) is 0 Å². The fraction of sp³-hybridized carbons (Fsp3) is 0.571. The minimum atomic E-state index is -0.977. The number of rotatable bonds is 3. The Kier molecular flexibility index (Phi) is 3.69. The third-order valence-corrected chi connectivity index (χ3v) is 3.53. The van der Waals surface area contributed by atoms with Crippen LogP contribution >= 0.6 is 0 Å². The van der Waals surface area contributed by atoms with E-state index < -0.39 is 17.7 Å². The summed E-state index contributed by atoms with van der Waals surface area (Å²) in [5.41, 5.74) is 0.278. The number of nitrogens with zero attached hydrogens (tertiary/aromatic N) is 1. The molecule has 4 heteroatoms. The molecule has 1 saturated heterocycles.